The minimum absolute atomic E-state index is 0.436. The maximum absolute atomic E-state index is 12.5. The lowest BCUT2D eigenvalue weighted by atomic mass is 10.5. The van der Waals surface area contributed by atoms with E-state index in [4.69, 9.17) is 0 Å². The van der Waals surface area contributed by atoms with Crippen molar-refractivity contribution < 1.29 is 8.78 Å². The lowest BCUT2D eigenvalue weighted by Gasteiger charge is -1.98. The largest absolute Gasteiger partial charge is 0.328 e. The first-order valence-corrected chi connectivity index (χ1v) is 3.70. The van der Waals surface area contributed by atoms with Crippen molar-refractivity contribution in [2.24, 2.45) is 0 Å². The Morgan fingerprint density at radius 2 is 1.31 bits per heavy atom. The van der Waals surface area contributed by atoms with Gasteiger partial charge in [0.15, 0.2) is 11.9 Å². The van der Waals surface area contributed by atoms with Gasteiger partial charge in [-0.05, 0) is 24.3 Å². The van der Waals surface area contributed by atoms with E-state index < -0.39 is 11.9 Å². The molecule has 0 spiro atoms. The first-order chi connectivity index (χ1) is 6.24. The van der Waals surface area contributed by atoms with Gasteiger partial charge in [0.25, 0.3) is 0 Å². The molecule has 0 amide bonds. The molecule has 13 heavy (non-hydrogen) atoms. The van der Waals surface area contributed by atoms with E-state index in [-0.39, 0.29) is 0 Å². The molecule has 0 aliphatic heterocycles. The lowest BCUT2D eigenvalue weighted by molar-refractivity contribution is 0.591. The van der Waals surface area contributed by atoms with Crippen LogP contribution in [0.4, 0.5) is 20.4 Å². The van der Waals surface area contributed by atoms with Gasteiger partial charge in [-0.1, -0.05) is 0 Å². The minimum atomic E-state index is -0.436. The Hall–Kier alpha value is -1.78. The molecule has 0 radical (unpaired) electrons. The van der Waals surface area contributed by atoms with Crippen molar-refractivity contribution in [1.82, 2.24) is 9.97 Å². The molecule has 5 heteroatoms. The molecule has 0 saturated carbocycles. The van der Waals surface area contributed by atoms with E-state index in [0.29, 0.717) is 11.6 Å². The third kappa shape index (κ3) is 1.69. The fourth-order valence-electron chi connectivity index (χ4n) is 1.03. The van der Waals surface area contributed by atoms with Crippen LogP contribution in [-0.4, -0.2) is 9.97 Å². The zero-order valence-electron chi connectivity index (χ0n) is 6.57. The number of H-pyrrole nitrogens is 2. The molecule has 0 atom stereocenters. The van der Waals surface area contributed by atoms with Gasteiger partial charge in [0, 0.05) is 0 Å². The SMILES string of the molecule is Fc1ccc(Nc2ccc(F)[nH]2)[nH]1. The van der Waals surface area contributed by atoms with Gasteiger partial charge >= 0.3 is 0 Å². The number of aromatic nitrogens is 2. The summed E-state index contributed by atoms with van der Waals surface area (Å²) in [6, 6.07) is 5.60. The topological polar surface area (TPSA) is 43.6 Å². The van der Waals surface area contributed by atoms with Crippen molar-refractivity contribution in [1.29, 1.82) is 0 Å². The Balaban J connectivity index is 2.14. The molecule has 68 valence electrons. The highest BCUT2D eigenvalue weighted by Crippen LogP contribution is 2.13. The van der Waals surface area contributed by atoms with E-state index in [9.17, 15) is 8.78 Å². The van der Waals surface area contributed by atoms with Crippen molar-refractivity contribution >= 4 is 11.6 Å². The van der Waals surface area contributed by atoms with Crippen molar-refractivity contribution in [2.45, 2.75) is 0 Å². The number of halogens is 2. The summed E-state index contributed by atoms with van der Waals surface area (Å²) in [6.45, 7) is 0. The molecule has 0 aliphatic carbocycles. The molecule has 3 N–H and O–H groups in total. The standard InChI is InChI=1S/C8H7F2N3/c9-5-1-3-7(11-5)13-8-4-2-6(10)12-8/h1-4,11-13H. The van der Waals surface area contributed by atoms with E-state index in [0.717, 1.165) is 0 Å². The first kappa shape index (κ1) is 7.85. The van der Waals surface area contributed by atoms with Crippen LogP contribution in [0.1, 0.15) is 0 Å². The van der Waals surface area contributed by atoms with Gasteiger partial charge in [0.1, 0.15) is 11.6 Å². The molecule has 0 aliphatic rings. The van der Waals surface area contributed by atoms with Crippen molar-refractivity contribution in [3.8, 4) is 0 Å². The highest BCUT2D eigenvalue weighted by Gasteiger charge is 1.99. The van der Waals surface area contributed by atoms with Crippen LogP contribution in [0.2, 0.25) is 0 Å². The predicted molar refractivity (Wildman–Crippen MR) is 44.8 cm³/mol. The fourth-order valence-corrected chi connectivity index (χ4v) is 1.03. The van der Waals surface area contributed by atoms with E-state index in [1.165, 1.54) is 24.3 Å². The Labute approximate surface area is 72.8 Å². The molecular weight excluding hydrogens is 176 g/mol. The van der Waals surface area contributed by atoms with Gasteiger partial charge in [-0.2, -0.15) is 8.78 Å². The van der Waals surface area contributed by atoms with Crippen LogP contribution < -0.4 is 5.32 Å². The maximum Gasteiger partial charge on any atom is 0.192 e. The second-order valence-electron chi connectivity index (χ2n) is 2.56. The van der Waals surface area contributed by atoms with Gasteiger partial charge < -0.3 is 15.3 Å². The van der Waals surface area contributed by atoms with Crippen molar-refractivity contribution in [3.05, 3.63) is 36.2 Å². The van der Waals surface area contributed by atoms with Crippen molar-refractivity contribution in [2.75, 3.05) is 5.32 Å². The number of anilines is 2. The van der Waals surface area contributed by atoms with Gasteiger partial charge in [0.2, 0.25) is 0 Å². The Morgan fingerprint density at radius 1 is 0.846 bits per heavy atom. The molecule has 2 aromatic rings. The summed E-state index contributed by atoms with van der Waals surface area (Å²) in [5.74, 6) is 0.0720. The Morgan fingerprint density at radius 3 is 1.62 bits per heavy atom. The second-order valence-corrected chi connectivity index (χ2v) is 2.56. The summed E-state index contributed by atoms with van der Waals surface area (Å²) < 4.78 is 24.9. The summed E-state index contributed by atoms with van der Waals surface area (Å²) >= 11 is 0. The number of rotatable bonds is 2. The van der Waals surface area contributed by atoms with Gasteiger partial charge in [0.05, 0.1) is 0 Å². The molecule has 0 saturated heterocycles. The molecule has 2 rings (SSSR count). The first-order valence-electron chi connectivity index (χ1n) is 3.70. The maximum atomic E-state index is 12.5. The van der Waals surface area contributed by atoms with E-state index in [1.54, 1.807) is 0 Å². The van der Waals surface area contributed by atoms with Crippen LogP contribution in [-0.2, 0) is 0 Å². The third-order valence-corrected chi connectivity index (χ3v) is 1.57. The normalized spacial score (nSPS) is 10.3. The quantitative estimate of drug-likeness (QED) is 0.657. The molecule has 0 unspecified atom stereocenters. The van der Waals surface area contributed by atoms with Crippen LogP contribution in [0.25, 0.3) is 0 Å². The van der Waals surface area contributed by atoms with Gasteiger partial charge in [-0.25, -0.2) is 0 Å². The van der Waals surface area contributed by atoms with Gasteiger partial charge in [-0.15, -0.1) is 0 Å². The van der Waals surface area contributed by atoms with Crippen LogP contribution in [0.5, 0.6) is 0 Å². The molecule has 0 fully saturated rings. The highest BCUT2D eigenvalue weighted by molar-refractivity contribution is 5.51. The van der Waals surface area contributed by atoms with E-state index in [1.807, 2.05) is 0 Å². The molecule has 2 heterocycles. The second kappa shape index (κ2) is 2.93. The van der Waals surface area contributed by atoms with Crippen LogP contribution in [0, 0.1) is 11.9 Å². The summed E-state index contributed by atoms with van der Waals surface area (Å²) in [6.07, 6.45) is 0. The summed E-state index contributed by atoms with van der Waals surface area (Å²) in [5.41, 5.74) is 0. The van der Waals surface area contributed by atoms with E-state index >= 15 is 0 Å². The number of hydrogen-bond acceptors (Lipinski definition) is 1. The summed E-state index contributed by atoms with van der Waals surface area (Å²) in [4.78, 5) is 4.83. The van der Waals surface area contributed by atoms with Crippen LogP contribution in [0.15, 0.2) is 24.3 Å². The number of aromatic amines is 2. The summed E-state index contributed by atoms with van der Waals surface area (Å²) in [7, 11) is 0. The molecular formula is C8H7F2N3. The number of hydrogen-bond donors (Lipinski definition) is 3. The zero-order chi connectivity index (χ0) is 9.26. The zero-order valence-corrected chi connectivity index (χ0v) is 6.57. The van der Waals surface area contributed by atoms with Crippen molar-refractivity contribution in [3.63, 3.8) is 0 Å². The molecule has 0 bridgehead atoms. The van der Waals surface area contributed by atoms with Crippen LogP contribution >= 0.6 is 0 Å². The molecule has 2 aromatic heterocycles. The monoisotopic (exact) mass is 183 g/mol. The van der Waals surface area contributed by atoms with Gasteiger partial charge in [-0.3, -0.25) is 0 Å². The lowest BCUT2D eigenvalue weighted by Crippen LogP contribution is -1.90. The molecule has 3 nitrogen and oxygen atoms in total. The fraction of sp³-hybridized carbons (Fsp3) is 0. The average Bonchev–Trinajstić information content (AvgIpc) is 2.62. The summed E-state index contributed by atoms with van der Waals surface area (Å²) in [5, 5.41) is 2.75. The smallest absolute Gasteiger partial charge is 0.192 e. The predicted octanol–water partition coefficient (Wildman–Crippen LogP) is 2.36. The molecule has 0 aromatic carbocycles. The average molecular weight is 183 g/mol. The third-order valence-electron chi connectivity index (χ3n) is 1.57. The highest BCUT2D eigenvalue weighted by atomic mass is 19.1. The number of nitrogens with one attached hydrogen (secondary N) is 3. The Kier molecular flexibility index (Phi) is 1.77. The Bertz CT molecular complexity index is 367. The minimum Gasteiger partial charge on any atom is -0.328 e. The van der Waals surface area contributed by atoms with Crippen LogP contribution in [0.3, 0.4) is 0 Å². The van der Waals surface area contributed by atoms with E-state index in [2.05, 4.69) is 15.3 Å².